The molecule has 1 saturated heterocycles. The number of nitrogens with one attached hydrogen (secondary N) is 1. The maximum atomic E-state index is 13.8. The molecule has 3 heterocycles. The number of hydrogen-bond donors (Lipinski definition) is 2. The number of pyridine rings is 1. The summed E-state index contributed by atoms with van der Waals surface area (Å²) in [6.45, 7) is 2.31. The van der Waals surface area contributed by atoms with E-state index in [2.05, 4.69) is 25.2 Å². The molecule has 0 radical (unpaired) electrons. The standard InChI is InChI=1S/C21H22FN7O2/c22-16-4-1-2-5-17(16)27-21(30)29-12-10-28(11-13-29)19-18(6-3-8-24-19)31-14-15-7-9-25-20(23)26-15/h1-9H,10-14H2,(H,27,30)(H2,23,25,26). The number of nitrogens with two attached hydrogens (primary N) is 1. The predicted octanol–water partition coefficient (Wildman–Crippen LogP) is 2.53. The first-order valence-electron chi connectivity index (χ1n) is 9.81. The molecule has 3 N–H and O–H groups in total. The molecule has 1 aliphatic rings. The van der Waals surface area contributed by atoms with Crippen molar-refractivity contribution in [3.63, 3.8) is 0 Å². The van der Waals surface area contributed by atoms with E-state index >= 15 is 0 Å². The lowest BCUT2D eigenvalue weighted by Gasteiger charge is -2.35. The third-order valence-corrected chi connectivity index (χ3v) is 4.84. The van der Waals surface area contributed by atoms with Crippen LogP contribution in [0, 0.1) is 5.82 Å². The van der Waals surface area contributed by atoms with Crippen LogP contribution in [0.25, 0.3) is 0 Å². The third-order valence-electron chi connectivity index (χ3n) is 4.84. The second kappa shape index (κ2) is 9.24. The summed E-state index contributed by atoms with van der Waals surface area (Å²) >= 11 is 0. The van der Waals surface area contributed by atoms with Crippen LogP contribution in [0.3, 0.4) is 0 Å². The highest BCUT2D eigenvalue weighted by Gasteiger charge is 2.24. The van der Waals surface area contributed by atoms with Crippen LogP contribution in [0.15, 0.2) is 54.9 Å². The number of para-hydroxylation sites is 1. The zero-order valence-corrected chi connectivity index (χ0v) is 16.7. The number of halogens is 1. The van der Waals surface area contributed by atoms with Gasteiger partial charge >= 0.3 is 6.03 Å². The van der Waals surface area contributed by atoms with Crippen LogP contribution in [0.2, 0.25) is 0 Å². The van der Waals surface area contributed by atoms with Gasteiger partial charge in [0.2, 0.25) is 5.95 Å². The van der Waals surface area contributed by atoms with Crippen molar-refractivity contribution in [1.82, 2.24) is 19.9 Å². The van der Waals surface area contributed by atoms with Crippen molar-refractivity contribution in [2.75, 3.05) is 42.1 Å². The van der Waals surface area contributed by atoms with Crippen LogP contribution in [-0.4, -0.2) is 52.1 Å². The number of nitrogens with zero attached hydrogens (tertiary/aromatic N) is 5. The molecule has 0 atom stereocenters. The summed E-state index contributed by atoms with van der Waals surface area (Å²) in [5.41, 5.74) is 6.44. The fourth-order valence-corrected chi connectivity index (χ4v) is 3.26. The second-order valence-electron chi connectivity index (χ2n) is 6.90. The second-order valence-corrected chi connectivity index (χ2v) is 6.90. The zero-order valence-electron chi connectivity index (χ0n) is 16.7. The van der Waals surface area contributed by atoms with Gasteiger partial charge in [0, 0.05) is 38.6 Å². The topological polar surface area (TPSA) is 109 Å². The molecule has 1 aliphatic heterocycles. The van der Waals surface area contributed by atoms with Crippen molar-refractivity contribution in [3.05, 3.63) is 66.4 Å². The Balaban J connectivity index is 1.36. The van der Waals surface area contributed by atoms with Gasteiger partial charge in [0.05, 0.1) is 11.4 Å². The minimum Gasteiger partial charge on any atom is -0.483 e. The Morgan fingerprint density at radius 2 is 1.87 bits per heavy atom. The van der Waals surface area contributed by atoms with Crippen LogP contribution >= 0.6 is 0 Å². The van der Waals surface area contributed by atoms with E-state index in [1.165, 1.54) is 12.1 Å². The molecule has 160 valence electrons. The minimum absolute atomic E-state index is 0.167. The van der Waals surface area contributed by atoms with Gasteiger partial charge in [0.1, 0.15) is 12.4 Å². The molecule has 31 heavy (non-hydrogen) atoms. The summed E-state index contributed by atoms with van der Waals surface area (Å²) in [6.07, 6.45) is 3.28. The number of hydrogen-bond acceptors (Lipinski definition) is 7. The van der Waals surface area contributed by atoms with E-state index in [9.17, 15) is 9.18 Å². The maximum Gasteiger partial charge on any atom is 0.322 e. The fourth-order valence-electron chi connectivity index (χ4n) is 3.26. The van der Waals surface area contributed by atoms with Crippen molar-refractivity contribution in [2.45, 2.75) is 6.61 Å². The van der Waals surface area contributed by atoms with Gasteiger partial charge in [-0.2, -0.15) is 0 Å². The Morgan fingerprint density at radius 1 is 1.06 bits per heavy atom. The summed E-state index contributed by atoms with van der Waals surface area (Å²) in [5, 5.41) is 2.62. The van der Waals surface area contributed by atoms with E-state index in [0.717, 1.165) is 0 Å². The number of carbonyl (C=O) groups excluding carboxylic acids is 1. The molecule has 0 unspecified atom stereocenters. The molecule has 0 saturated carbocycles. The average molecular weight is 423 g/mol. The first-order valence-corrected chi connectivity index (χ1v) is 9.81. The minimum atomic E-state index is -0.463. The highest BCUT2D eigenvalue weighted by molar-refractivity contribution is 5.89. The highest BCUT2D eigenvalue weighted by atomic mass is 19.1. The Labute approximate surface area is 178 Å². The average Bonchev–Trinajstić information content (AvgIpc) is 2.79. The highest BCUT2D eigenvalue weighted by Crippen LogP contribution is 2.27. The monoisotopic (exact) mass is 423 g/mol. The van der Waals surface area contributed by atoms with Crippen LogP contribution in [-0.2, 0) is 6.61 Å². The molecular formula is C21H22FN7O2. The van der Waals surface area contributed by atoms with Gasteiger partial charge in [-0.05, 0) is 30.3 Å². The van der Waals surface area contributed by atoms with Gasteiger partial charge < -0.3 is 25.6 Å². The Bertz CT molecular complexity index is 1060. The lowest BCUT2D eigenvalue weighted by Crippen LogP contribution is -2.50. The molecule has 1 aromatic carbocycles. The van der Waals surface area contributed by atoms with Crippen molar-refractivity contribution in [2.24, 2.45) is 0 Å². The molecule has 1 fully saturated rings. The number of anilines is 3. The molecule has 3 aromatic rings. The predicted molar refractivity (Wildman–Crippen MR) is 114 cm³/mol. The molecule has 0 spiro atoms. The number of nitrogen functional groups attached to an aromatic ring is 1. The number of ether oxygens (including phenoxy) is 1. The number of urea groups is 1. The first-order chi connectivity index (χ1) is 15.1. The molecule has 9 nitrogen and oxygen atoms in total. The zero-order chi connectivity index (χ0) is 21.6. The van der Waals surface area contributed by atoms with Gasteiger partial charge in [0.15, 0.2) is 11.6 Å². The van der Waals surface area contributed by atoms with Gasteiger partial charge in [-0.25, -0.2) is 24.1 Å². The van der Waals surface area contributed by atoms with Crippen molar-refractivity contribution < 1.29 is 13.9 Å². The molecular weight excluding hydrogens is 401 g/mol. The molecule has 2 amide bonds. The van der Waals surface area contributed by atoms with Crippen molar-refractivity contribution >= 4 is 23.5 Å². The number of aromatic nitrogens is 3. The molecule has 10 heteroatoms. The van der Waals surface area contributed by atoms with Crippen LogP contribution in [0.4, 0.5) is 26.6 Å². The maximum absolute atomic E-state index is 13.8. The summed E-state index contributed by atoms with van der Waals surface area (Å²) < 4.78 is 19.7. The van der Waals surface area contributed by atoms with E-state index in [-0.39, 0.29) is 24.3 Å². The lowest BCUT2D eigenvalue weighted by molar-refractivity contribution is 0.207. The number of benzene rings is 1. The van der Waals surface area contributed by atoms with E-state index in [0.29, 0.717) is 43.4 Å². The lowest BCUT2D eigenvalue weighted by atomic mass is 10.3. The van der Waals surface area contributed by atoms with Crippen LogP contribution < -0.4 is 20.7 Å². The number of piperazine rings is 1. The fraction of sp³-hybridized carbons (Fsp3) is 0.238. The number of carbonyl (C=O) groups is 1. The van der Waals surface area contributed by atoms with Gasteiger partial charge in [-0.3, -0.25) is 0 Å². The normalized spacial score (nSPS) is 13.7. The molecule has 2 aromatic heterocycles. The smallest absolute Gasteiger partial charge is 0.322 e. The first kappa shape index (κ1) is 20.3. The molecule has 0 aliphatic carbocycles. The van der Waals surface area contributed by atoms with Gasteiger partial charge in [-0.15, -0.1) is 0 Å². The van der Waals surface area contributed by atoms with E-state index in [1.54, 1.807) is 41.6 Å². The van der Waals surface area contributed by atoms with Crippen LogP contribution in [0.1, 0.15) is 5.69 Å². The Morgan fingerprint density at radius 3 is 2.65 bits per heavy atom. The quantitative estimate of drug-likeness (QED) is 0.649. The Kier molecular flexibility index (Phi) is 6.06. The van der Waals surface area contributed by atoms with Crippen molar-refractivity contribution in [1.29, 1.82) is 0 Å². The summed E-state index contributed by atoms with van der Waals surface area (Å²) in [5.74, 6) is 1.04. The molecule has 4 rings (SSSR count). The van der Waals surface area contributed by atoms with Gasteiger partial charge in [0.25, 0.3) is 0 Å². The number of amides is 2. The summed E-state index contributed by atoms with van der Waals surface area (Å²) in [4.78, 5) is 28.6. The molecule has 0 bridgehead atoms. The van der Waals surface area contributed by atoms with Crippen molar-refractivity contribution in [3.8, 4) is 5.75 Å². The van der Waals surface area contributed by atoms with Crippen LogP contribution in [0.5, 0.6) is 5.75 Å². The van der Waals surface area contributed by atoms with E-state index in [1.807, 2.05) is 6.07 Å². The summed E-state index contributed by atoms with van der Waals surface area (Å²) in [6, 6.07) is 11.1. The third kappa shape index (κ3) is 4.97. The SMILES string of the molecule is Nc1nccc(COc2cccnc2N2CCN(C(=O)Nc3ccccc3F)CC2)n1. The largest absolute Gasteiger partial charge is 0.483 e. The van der Waals surface area contributed by atoms with Gasteiger partial charge in [-0.1, -0.05) is 12.1 Å². The summed E-state index contributed by atoms with van der Waals surface area (Å²) in [7, 11) is 0. The number of rotatable bonds is 5. The Hall–Kier alpha value is -3.95. The van der Waals surface area contributed by atoms with E-state index < -0.39 is 5.82 Å². The van der Waals surface area contributed by atoms with E-state index in [4.69, 9.17) is 10.5 Å².